The number of amidine groups is 2. The molecule has 0 saturated heterocycles. The molecule has 0 aromatic heterocycles. The lowest BCUT2D eigenvalue weighted by atomic mass is 10.0. The van der Waals surface area contributed by atoms with Crippen LogP contribution in [0.15, 0.2) is 137 Å². The number of nitrogens with zero attached hydrogens (tertiary/aromatic N) is 5. The lowest BCUT2D eigenvalue weighted by Crippen LogP contribution is -2.44. The Morgan fingerprint density at radius 2 is 1.52 bits per heavy atom. The number of fused-ring (bicyclic) bond motifs is 2. The van der Waals surface area contributed by atoms with Crippen LogP contribution >= 0.6 is 0 Å². The molecule has 202 valence electrons. The molecule has 9 heteroatoms. The molecular weight excluding hydrogens is 528 g/mol. The van der Waals surface area contributed by atoms with Crippen LogP contribution in [0.4, 0.5) is 28.4 Å². The standard InChI is InChI=1S/C33H22N6O3/c40-33(34-24-14-5-2-6-15-24)32-36-38(25-16-9-17-26(20-25)39(41)42)29(22-10-3-1-4-11-22)21-30-35-27-18-7-12-23-13-8-19-28(31(23)27)37(30)32/h1-21H,(H,34,40). The van der Waals surface area contributed by atoms with Crippen LogP contribution in [0.5, 0.6) is 0 Å². The number of carbonyl (C=O) groups is 1. The number of nitrogens with one attached hydrogen (secondary N) is 1. The maximum atomic E-state index is 14.1. The maximum Gasteiger partial charge on any atom is 0.293 e. The van der Waals surface area contributed by atoms with E-state index in [0.29, 0.717) is 22.9 Å². The van der Waals surface area contributed by atoms with Gasteiger partial charge in [0.2, 0.25) is 5.84 Å². The summed E-state index contributed by atoms with van der Waals surface area (Å²) < 4.78 is 0. The Bertz CT molecular complexity index is 1960. The van der Waals surface area contributed by atoms with Gasteiger partial charge in [0.1, 0.15) is 5.84 Å². The van der Waals surface area contributed by atoms with Crippen molar-refractivity contribution in [1.29, 1.82) is 0 Å². The molecule has 0 saturated carbocycles. The number of amides is 1. The van der Waals surface area contributed by atoms with E-state index in [4.69, 9.17) is 10.1 Å². The molecule has 5 aromatic carbocycles. The molecule has 9 nitrogen and oxygen atoms in total. The zero-order chi connectivity index (χ0) is 28.6. The van der Waals surface area contributed by atoms with Gasteiger partial charge in [0, 0.05) is 34.8 Å². The summed E-state index contributed by atoms with van der Waals surface area (Å²) in [7, 11) is 0. The van der Waals surface area contributed by atoms with Gasteiger partial charge in [-0.15, -0.1) is 5.10 Å². The van der Waals surface area contributed by atoms with E-state index in [1.165, 1.54) is 12.1 Å². The van der Waals surface area contributed by atoms with Crippen molar-refractivity contribution in [2.75, 3.05) is 15.2 Å². The summed E-state index contributed by atoms with van der Waals surface area (Å²) >= 11 is 0. The average Bonchev–Trinajstić information content (AvgIpc) is 3.20. The molecule has 0 fully saturated rings. The van der Waals surface area contributed by atoms with Crippen molar-refractivity contribution in [2.45, 2.75) is 0 Å². The van der Waals surface area contributed by atoms with E-state index in [9.17, 15) is 14.9 Å². The lowest BCUT2D eigenvalue weighted by Gasteiger charge is -2.29. The molecule has 0 atom stereocenters. The van der Waals surface area contributed by atoms with Gasteiger partial charge < -0.3 is 5.32 Å². The Balaban J connectivity index is 1.51. The van der Waals surface area contributed by atoms with Crippen LogP contribution in [0.1, 0.15) is 5.56 Å². The summed E-state index contributed by atoms with van der Waals surface area (Å²) in [5.74, 6) is 0.0617. The predicted molar refractivity (Wildman–Crippen MR) is 166 cm³/mol. The van der Waals surface area contributed by atoms with Gasteiger partial charge in [-0.1, -0.05) is 78.9 Å². The number of rotatable bonds is 5. The Morgan fingerprint density at radius 3 is 2.29 bits per heavy atom. The summed E-state index contributed by atoms with van der Waals surface area (Å²) in [5, 5.41) is 23.0. The highest BCUT2D eigenvalue weighted by molar-refractivity contribution is 6.53. The summed E-state index contributed by atoms with van der Waals surface area (Å²) in [5.41, 5.74) is 3.82. The van der Waals surface area contributed by atoms with Gasteiger partial charge in [-0.2, -0.15) is 0 Å². The summed E-state index contributed by atoms with van der Waals surface area (Å²) in [6.07, 6.45) is 1.86. The van der Waals surface area contributed by atoms with E-state index >= 15 is 0 Å². The number of para-hydroxylation sites is 1. The molecule has 0 radical (unpaired) electrons. The van der Waals surface area contributed by atoms with E-state index < -0.39 is 10.8 Å². The molecule has 2 heterocycles. The number of hydrogen-bond donors (Lipinski definition) is 1. The van der Waals surface area contributed by atoms with Gasteiger partial charge in [-0.05, 0) is 35.7 Å². The zero-order valence-corrected chi connectivity index (χ0v) is 22.1. The second kappa shape index (κ2) is 10.1. The van der Waals surface area contributed by atoms with Crippen LogP contribution in [0.2, 0.25) is 0 Å². The van der Waals surface area contributed by atoms with Gasteiger partial charge in [0.05, 0.1) is 27.7 Å². The van der Waals surface area contributed by atoms with E-state index in [1.54, 1.807) is 34.2 Å². The number of benzene rings is 5. The number of aliphatic imine (C=N–C) groups is 1. The first-order valence-corrected chi connectivity index (χ1v) is 13.2. The van der Waals surface area contributed by atoms with Crippen molar-refractivity contribution >= 4 is 62.5 Å². The fourth-order valence-corrected chi connectivity index (χ4v) is 5.18. The van der Waals surface area contributed by atoms with Crippen molar-refractivity contribution in [3.8, 4) is 0 Å². The molecule has 2 aliphatic rings. The minimum Gasteiger partial charge on any atom is -0.319 e. The molecule has 0 unspecified atom stereocenters. The topological polar surface area (TPSA) is 103 Å². The predicted octanol–water partition coefficient (Wildman–Crippen LogP) is 7.11. The number of hydrazone groups is 1. The van der Waals surface area contributed by atoms with Crippen molar-refractivity contribution in [3.05, 3.63) is 143 Å². The highest BCUT2D eigenvalue weighted by Gasteiger charge is 2.34. The molecule has 42 heavy (non-hydrogen) atoms. The number of non-ortho nitro benzene ring substituents is 1. The smallest absolute Gasteiger partial charge is 0.293 e. The highest BCUT2D eigenvalue weighted by atomic mass is 16.6. The molecule has 1 amide bonds. The molecule has 0 spiro atoms. The molecule has 5 aromatic rings. The molecular formula is C33H22N6O3. The van der Waals surface area contributed by atoms with Crippen molar-refractivity contribution in [3.63, 3.8) is 0 Å². The van der Waals surface area contributed by atoms with Crippen LogP contribution in [0, 0.1) is 10.1 Å². The summed E-state index contributed by atoms with van der Waals surface area (Å²) in [6.45, 7) is 0. The van der Waals surface area contributed by atoms with Gasteiger partial charge >= 0.3 is 0 Å². The Hall–Kier alpha value is -6.09. The van der Waals surface area contributed by atoms with Crippen LogP contribution in [-0.4, -0.2) is 22.5 Å². The zero-order valence-electron chi connectivity index (χ0n) is 22.1. The highest BCUT2D eigenvalue weighted by Crippen LogP contribution is 2.41. The summed E-state index contributed by atoms with van der Waals surface area (Å²) in [6, 6.07) is 36.6. The van der Waals surface area contributed by atoms with Crippen LogP contribution in [-0.2, 0) is 4.79 Å². The van der Waals surface area contributed by atoms with Crippen LogP contribution < -0.4 is 15.2 Å². The van der Waals surface area contributed by atoms with E-state index in [2.05, 4.69) is 5.32 Å². The number of carbonyl (C=O) groups excluding carboxylic acids is 1. The molecule has 1 N–H and O–H groups in total. The maximum absolute atomic E-state index is 14.1. The quantitative estimate of drug-likeness (QED) is 0.186. The molecule has 0 bridgehead atoms. The second-order valence-corrected chi connectivity index (χ2v) is 9.69. The molecule has 7 rings (SSSR count). The van der Waals surface area contributed by atoms with Gasteiger partial charge in [0.25, 0.3) is 11.6 Å². The lowest BCUT2D eigenvalue weighted by molar-refractivity contribution is -0.384. The summed E-state index contributed by atoms with van der Waals surface area (Å²) in [4.78, 5) is 32.1. The third kappa shape index (κ3) is 4.35. The van der Waals surface area contributed by atoms with Gasteiger partial charge in [-0.3, -0.25) is 19.8 Å². The van der Waals surface area contributed by atoms with Gasteiger partial charge in [-0.25, -0.2) is 10.0 Å². The minimum absolute atomic E-state index is 0.0493. The third-order valence-electron chi connectivity index (χ3n) is 7.06. The van der Waals surface area contributed by atoms with E-state index in [1.807, 2.05) is 91.0 Å². The Kier molecular flexibility index (Phi) is 6.02. The van der Waals surface area contributed by atoms with Crippen LogP contribution in [0.25, 0.3) is 16.5 Å². The Morgan fingerprint density at radius 1 is 0.810 bits per heavy atom. The van der Waals surface area contributed by atoms with E-state index in [-0.39, 0.29) is 11.5 Å². The first-order chi connectivity index (χ1) is 20.6. The Labute approximate surface area is 240 Å². The normalized spacial score (nSPS) is 13.9. The first kappa shape index (κ1) is 24.9. The van der Waals surface area contributed by atoms with Crippen molar-refractivity contribution < 1.29 is 9.72 Å². The largest absolute Gasteiger partial charge is 0.319 e. The molecule has 0 aliphatic carbocycles. The third-order valence-corrected chi connectivity index (χ3v) is 7.06. The fourth-order valence-electron chi connectivity index (χ4n) is 5.18. The van der Waals surface area contributed by atoms with E-state index in [0.717, 1.165) is 27.7 Å². The fraction of sp³-hybridized carbons (Fsp3) is 0. The molecule has 2 aliphatic heterocycles. The van der Waals surface area contributed by atoms with Crippen molar-refractivity contribution in [2.24, 2.45) is 10.1 Å². The number of anilines is 3. The number of nitro benzene ring substituents is 1. The minimum atomic E-state index is -0.469. The second-order valence-electron chi connectivity index (χ2n) is 9.69. The SMILES string of the molecule is O=C(Nc1ccccc1)C1=NN(c2cccc([N+](=O)[O-])c2)C(c2ccccc2)=CC2=Nc3cccc4cccc(c34)N21. The van der Waals surface area contributed by atoms with Crippen molar-refractivity contribution in [1.82, 2.24) is 0 Å². The average molecular weight is 551 g/mol. The van der Waals surface area contributed by atoms with Crippen LogP contribution in [0.3, 0.4) is 0 Å². The van der Waals surface area contributed by atoms with Gasteiger partial charge in [0.15, 0.2) is 0 Å². The first-order valence-electron chi connectivity index (χ1n) is 13.2. The monoisotopic (exact) mass is 550 g/mol. The number of hydrogen-bond acceptors (Lipinski definition) is 7. The number of nitro groups is 1.